The Hall–Kier alpha value is -1.20. The van der Waals surface area contributed by atoms with Crippen molar-refractivity contribution < 1.29 is 9.53 Å². The van der Waals surface area contributed by atoms with Crippen LogP contribution in [-0.2, 0) is 9.53 Å². The molecule has 0 saturated carbocycles. The first kappa shape index (κ1) is 13.9. The third-order valence-corrected chi connectivity index (χ3v) is 3.49. The van der Waals surface area contributed by atoms with E-state index in [0.29, 0.717) is 12.1 Å². The van der Waals surface area contributed by atoms with Gasteiger partial charge in [0.15, 0.2) is 0 Å². The highest BCUT2D eigenvalue weighted by Crippen LogP contribution is 2.16. The van der Waals surface area contributed by atoms with Crippen LogP contribution < -0.4 is 5.32 Å². The van der Waals surface area contributed by atoms with E-state index in [-0.39, 0.29) is 12.0 Å². The van der Waals surface area contributed by atoms with Gasteiger partial charge in [-0.05, 0) is 20.8 Å². The third kappa shape index (κ3) is 4.28. The Kier molecular flexibility index (Phi) is 5.31. The van der Waals surface area contributed by atoms with Crippen molar-refractivity contribution in [3.8, 4) is 0 Å². The number of carbonyl (C=O) groups excluding carboxylic acids is 1. The van der Waals surface area contributed by atoms with Crippen LogP contribution in [-0.4, -0.2) is 24.6 Å². The van der Waals surface area contributed by atoms with Crippen LogP contribution in [0.3, 0.4) is 0 Å². The van der Waals surface area contributed by atoms with Crippen molar-refractivity contribution in [3.05, 3.63) is 27.7 Å². The Morgan fingerprint density at radius 3 is 2.94 bits per heavy atom. The summed E-state index contributed by atoms with van der Waals surface area (Å²) in [6, 6.07) is 0.190. The number of aromatic nitrogens is 1. The molecule has 17 heavy (non-hydrogen) atoms. The third-order valence-electron chi connectivity index (χ3n) is 2.35. The molecule has 0 radical (unpaired) electrons. The SMILES string of the molecule is COC(=O)C(C)=CCNC(C)c1nc(C)cs1. The first-order valence-corrected chi connectivity index (χ1v) is 6.33. The van der Waals surface area contributed by atoms with E-state index in [1.807, 2.05) is 18.4 Å². The van der Waals surface area contributed by atoms with Crippen molar-refractivity contribution >= 4 is 17.3 Å². The van der Waals surface area contributed by atoms with Gasteiger partial charge in [0.1, 0.15) is 5.01 Å². The van der Waals surface area contributed by atoms with Crippen LogP contribution in [0.1, 0.15) is 30.6 Å². The molecule has 0 aliphatic heterocycles. The Balaban J connectivity index is 2.44. The molecular weight excluding hydrogens is 236 g/mol. The van der Waals surface area contributed by atoms with Crippen molar-refractivity contribution in [2.75, 3.05) is 13.7 Å². The van der Waals surface area contributed by atoms with E-state index < -0.39 is 0 Å². The molecule has 0 bridgehead atoms. The lowest BCUT2D eigenvalue weighted by molar-refractivity contribution is -0.136. The second kappa shape index (κ2) is 6.51. The summed E-state index contributed by atoms with van der Waals surface area (Å²) in [7, 11) is 1.38. The smallest absolute Gasteiger partial charge is 0.333 e. The van der Waals surface area contributed by atoms with Gasteiger partial charge in [0.25, 0.3) is 0 Å². The molecule has 1 atom stereocenters. The molecule has 0 spiro atoms. The maximum atomic E-state index is 11.1. The number of esters is 1. The predicted molar refractivity (Wildman–Crippen MR) is 69.0 cm³/mol. The first-order chi connectivity index (χ1) is 8.04. The van der Waals surface area contributed by atoms with Gasteiger partial charge in [-0.1, -0.05) is 6.08 Å². The fourth-order valence-corrected chi connectivity index (χ4v) is 2.12. The fraction of sp³-hybridized carbons (Fsp3) is 0.500. The van der Waals surface area contributed by atoms with Gasteiger partial charge in [-0.25, -0.2) is 9.78 Å². The number of nitrogens with one attached hydrogen (secondary N) is 1. The van der Waals surface area contributed by atoms with Crippen LogP contribution in [0.4, 0.5) is 0 Å². The molecule has 0 aliphatic carbocycles. The maximum Gasteiger partial charge on any atom is 0.333 e. The standard InChI is InChI=1S/C12H18N2O2S/c1-8(12(15)16-4)5-6-13-10(3)11-14-9(2)7-17-11/h5,7,10,13H,6H2,1-4H3. The van der Waals surface area contributed by atoms with E-state index in [0.717, 1.165) is 10.7 Å². The highest BCUT2D eigenvalue weighted by atomic mass is 32.1. The van der Waals surface area contributed by atoms with E-state index in [4.69, 9.17) is 0 Å². The number of hydrogen-bond acceptors (Lipinski definition) is 5. The average Bonchev–Trinajstić information content (AvgIpc) is 2.74. The van der Waals surface area contributed by atoms with Crippen molar-refractivity contribution in [1.82, 2.24) is 10.3 Å². The molecule has 1 aromatic heterocycles. The molecule has 0 fully saturated rings. The number of hydrogen-bond donors (Lipinski definition) is 1. The van der Waals surface area contributed by atoms with E-state index in [1.54, 1.807) is 18.3 Å². The summed E-state index contributed by atoms with van der Waals surface area (Å²) in [5.41, 5.74) is 1.66. The summed E-state index contributed by atoms with van der Waals surface area (Å²) in [5, 5.41) is 6.38. The van der Waals surface area contributed by atoms with Crippen molar-refractivity contribution in [3.63, 3.8) is 0 Å². The Morgan fingerprint density at radius 1 is 1.71 bits per heavy atom. The van der Waals surface area contributed by atoms with E-state index in [1.165, 1.54) is 7.11 Å². The minimum atomic E-state index is -0.287. The summed E-state index contributed by atoms with van der Waals surface area (Å²) >= 11 is 1.64. The molecular formula is C12H18N2O2S. The number of ether oxygens (including phenoxy) is 1. The number of carbonyl (C=O) groups is 1. The maximum absolute atomic E-state index is 11.1. The molecule has 1 heterocycles. The summed E-state index contributed by atoms with van der Waals surface area (Å²) in [5.74, 6) is -0.287. The molecule has 1 rings (SSSR count). The van der Waals surface area contributed by atoms with Gasteiger partial charge >= 0.3 is 5.97 Å². The molecule has 0 saturated heterocycles. The van der Waals surface area contributed by atoms with Gasteiger partial charge in [-0.15, -0.1) is 11.3 Å². The van der Waals surface area contributed by atoms with Crippen LogP contribution in [0.2, 0.25) is 0 Å². The fourth-order valence-electron chi connectivity index (χ4n) is 1.29. The van der Waals surface area contributed by atoms with Gasteiger partial charge in [0, 0.05) is 23.2 Å². The molecule has 0 aromatic carbocycles. The van der Waals surface area contributed by atoms with Crippen LogP contribution in [0.25, 0.3) is 0 Å². The molecule has 0 aliphatic rings. The normalized spacial score (nSPS) is 13.5. The minimum absolute atomic E-state index is 0.190. The average molecular weight is 254 g/mol. The quantitative estimate of drug-likeness (QED) is 0.646. The van der Waals surface area contributed by atoms with Crippen molar-refractivity contribution in [2.24, 2.45) is 0 Å². The van der Waals surface area contributed by atoms with Crippen LogP contribution in [0, 0.1) is 6.92 Å². The van der Waals surface area contributed by atoms with Crippen LogP contribution in [0.15, 0.2) is 17.0 Å². The minimum Gasteiger partial charge on any atom is -0.466 e. The Bertz CT molecular complexity index is 412. The predicted octanol–water partition coefficient (Wildman–Crippen LogP) is 2.22. The summed E-state index contributed by atoms with van der Waals surface area (Å²) in [6.07, 6.45) is 1.82. The van der Waals surface area contributed by atoms with Gasteiger partial charge in [0.05, 0.1) is 13.2 Å². The number of aryl methyl sites for hydroxylation is 1. The molecule has 4 nitrogen and oxygen atoms in total. The highest BCUT2D eigenvalue weighted by Gasteiger charge is 2.08. The molecule has 94 valence electrons. The summed E-state index contributed by atoms with van der Waals surface area (Å²) in [6.45, 7) is 6.40. The van der Waals surface area contributed by atoms with E-state index in [2.05, 4.69) is 22.0 Å². The second-order valence-corrected chi connectivity index (χ2v) is 4.73. The van der Waals surface area contributed by atoms with Gasteiger partial charge in [0.2, 0.25) is 0 Å². The van der Waals surface area contributed by atoms with Gasteiger partial charge < -0.3 is 10.1 Å². The Morgan fingerprint density at radius 2 is 2.41 bits per heavy atom. The first-order valence-electron chi connectivity index (χ1n) is 5.45. The van der Waals surface area contributed by atoms with Gasteiger partial charge in [-0.2, -0.15) is 0 Å². The zero-order valence-corrected chi connectivity index (χ0v) is 11.4. The summed E-state index contributed by atoms with van der Waals surface area (Å²) < 4.78 is 4.61. The molecule has 1 aromatic rings. The number of thiazole rings is 1. The molecule has 0 amide bonds. The van der Waals surface area contributed by atoms with Crippen molar-refractivity contribution in [2.45, 2.75) is 26.8 Å². The highest BCUT2D eigenvalue weighted by molar-refractivity contribution is 7.09. The number of methoxy groups -OCH3 is 1. The topological polar surface area (TPSA) is 51.2 Å². The monoisotopic (exact) mass is 254 g/mol. The lowest BCUT2D eigenvalue weighted by Crippen LogP contribution is -2.19. The molecule has 1 N–H and O–H groups in total. The Labute approximate surface area is 106 Å². The zero-order chi connectivity index (χ0) is 12.8. The lowest BCUT2D eigenvalue weighted by atomic mass is 10.2. The van der Waals surface area contributed by atoms with Crippen molar-refractivity contribution in [1.29, 1.82) is 0 Å². The number of rotatable bonds is 5. The number of nitrogens with zero attached hydrogens (tertiary/aromatic N) is 1. The zero-order valence-electron chi connectivity index (χ0n) is 10.6. The van der Waals surface area contributed by atoms with Gasteiger partial charge in [-0.3, -0.25) is 0 Å². The lowest BCUT2D eigenvalue weighted by Gasteiger charge is -2.09. The van der Waals surface area contributed by atoms with Crippen LogP contribution in [0.5, 0.6) is 0 Å². The second-order valence-electron chi connectivity index (χ2n) is 3.84. The van der Waals surface area contributed by atoms with E-state index in [9.17, 15) is 4.79 Å². The largest absolute Gasteiger partial charge is 0.466 e. The molecule has 1 unspecified atom stereocenters. The van der Waals surface area contributed by atoms with E-state index >= 15 is 0 Å². The summed E-state index contributed by atoms with van der Waals surface area (Å²) in [4.78, 5) is 15.5. The molecule has 5 heteroatoms. The van der Waals surface area contributed by atoms with Crippen LogP contribution >= 0.6 is 11.3 Å².